The second kappa shape index (κ2) is 8.25. The van der Waals surface area contributed by atoms with E-state index in [0.717, 1.165) is 44.8 Å². The van der Waals surface area contributed by atoms with E-state index in [2.05, 4.69) is 34.9 Å². The Morgan fingerprint density at radius 1 is 1.41 bits per heavy atom. The first-order chi connectivity index (χ1) is 8.22. The standard InChI is InChI=1S/C13H25N3O/c1-12(2)8-14-9-13-10-16(11-15-13)6-4-5-7-17-3/h10-12,14H,4-9H2,1-3H3. The van der Waals surface area contributed by atoms with E-state index in [-0.39, 0.29) is 0 Å². The van der Waals surface area contributed by atoms with Crippen LogP contribution in [0.5, 0.6) is 0 Å². The first kappa shape index (κ1) is 14.2. The first-order valence-corrected chi connectivity index (χ1v) is 6.42. The minimum atomic E-state index is 0.686. The van der Waals surface area contributed by atoms with Crippen LogP contribution in [-0.2, 0) is 17.8 Å². The fourth-order valence-electron chi connectivity index (χ4n) is 1.65. The Balaban J connectivity index is 2.18. The molecule has 0 spiro atoms. The van der Waals surface area contributed by atoms with Gasteiger partial charge < -0.3 is 14.6 Å². The predicted octanol–water partition coefficient (Wildman–Crippen LogP) is 2.06. The van der Waals surface area contributed by atoms with Crippen molar-refractivity contribution in [3.63, 3.8) is 0 Å². The summed E-state index contributed by atoms with van der Waals surface area (Å²) in [5, 5.41) is 3.40. The Kier molecular flexibility index (Phi) is 6.89. The highest BCUT2D eigenvalue weighted by atomic mass is 16.5. The van der Waals surface area contributed by atoms with Gasteiger partial charge in [0.05, 0.1) is 12.0 Å². The number of methoxy groups -OCH3 is 1. The lowest BCUT2D eigenvalue weighted by atomic mass is 10.2. The van der Waals surface area contributed by atoms with Crippen LogP contribution in [0.25, 0.3) is 0 Å². The summed E-state index contributed by atoms with van der Waals surface area (Å²) in [6.07, 6.45) is 6.29. The average molecular weight is 239 g/mol. The largest absolute Gasteiger partial charge is 0.385 e. The Morgan fingerprint density at radius 2 is 2.24 bits per heavy atom. The number of imidazole rings is 1. The van der Waals surface area contributed by atoms with E-state index in [4.69, 9.17) is 4.74 Å². The van der Waals surface area contributed by atoms with Crippen molar-refractivity contribution < 1.29 is 4.74 Å². The highest BCUT2D eigenvalue weighted by Gasteiger charge is 1.99. The highest BCUT2D eigenvalue weighted by Crippen LogP contribution is 2.00. The molecular weight excluding hydrogens is 214 g/mol. The summed E-state index contributed by atoms with van der Waals surface area (Å²) in [5.41, 5.74) is 1.12. The molecule has 0 aromatic carbocycles. The van der Waals surface area contributed by atoms with Gasteiger partial charge in [-0.1, -0.05) is 13.8 Å². The maximum absolute atomic E-state index is 5.03. The van der Waals surface area contributed by atoms with Gasteiger partial charge in [0.2, 0.25) is 0 Å². The molecule has 0 atom stereocenters. The molecular formula is C13H25N3O. The third-order valence-corrected chi connectivity index (χ3v) is 2.56. The molecule has 98 valence electrons. The van der Waals surface area contributed by atoms with Crippen LogP contribution >= 0.6 is 0 Å². The van der Waals surface area contributed by atoms with E-state index in [1.54, 1.807) is 7.11 Å². The van der Waals surface area contributed by atoms with E-state index in [0.29, 0.717) is 5.92 Å². The minimum Gasteiger partial charge on any atom is -0.385 e. The van der Waals surface area contributed by atoms with Crippen molar-refractivity contribution in [2.24, 2.45) is 5.92 Å². The fraction of sp³-hybridized carbons (Fsp3) is 0.769. The van der Waals surface area contributed by atoms with Gasteiger partial charge in [-0.25, -0.2) is 4.98 Å². The lowest BCUT2D eigenvalue weighted by Crippen LogP contribution is -2.19. The lowest BCUT2D eigenvalue weighted by Gasteiger charge is -2.05. The first-order valence-electron chi connectivity index (χ1n) is 6.42. The lowest BCUT2D eigenvalue weighted by molar-refractivity contribution is 0.191. The quantitative estimate of drug-likeness (QED) is 0.670. The summed E-state index contributed by atoms with van der Waals surface area (Å²) in [7, 11) is 1.75. The number of unbranched alkanes of at least 4 members (excludes halogenated alkanes) is 1. The van der Waals surface area contributed by atoms with Crippen LogP contribution in [0.1, 0.15) is 32.4 Å². The van der Waals surface area contributed by atoms with Crippen molar-refractivity contribution in [2.45, 2.75) is 39.8 Å². The number of aryl methyl sites for hydroxylation is 1. The topological polar surface area (TPSA) is 39.1 Å². The van der Waals surface area contributed by atoms with Crippen molar-refractivity contribution in [2.75, 3.05) is 20.3 Å². The van der Waals surface area contributed by atoms with Crippen molar-refractivity contribution in [3.05, 3.63) is 18.2 Å². The van der Waals surface area contributed by atoms with Gasteiger partial charge in [-0.3, -0.25) is 0 Å². The number of hydrogen-bond donors (Lipinski definition) is 1. The number of ether oxygens (including phenoxy) is 1. The van der Waals surface area contributed by atoms with Crippen LogP contribution in [0.3, 0.4) is 0 Å². The molecule has 1 rings (SSSR count). The van der Waals surface area contributed by atoms with Gasteiger partial charge in [0.25, 0.3) is 0 Å². The van der Waals surface area contributed by atoms with Crippen LogP contribution in [0.2, 0.25) is 0 Å². The molecule has 0 bridgehead atoms. The van der Waals surface area contributed by atoms with Crippen molar-refractivity contribution >= 4 is 0 Å². The molecule has 1 N–H and O–H groups in total. The average Bonchev–Trinajstić information content (AvgIpc) is 2.72. The van der Waals surface area contributed by atoms with E-state index in [9.17, 15) is 0 Å². The number of rotatable bonds is 9. The molecule has 1 heterocycles. The third kappa shape index (κ3) is 6.44. The Labute approximate surface area is 104 Å². The fourth-order valence-corrected chi connectivity index (χ4v) is 1.65. The molecule has 0 radical (unpaired) electrons. The Bertz CT molecular complexity index is 297. The third-order valence-electron chi connectivity index (χ3n) is 2.56. The number of hydrogen-bond acceptors (Lipinski definition) is 3. The van der Waals surface area contributed by atoms with E-state index in [1.165, 1.54) is 0 Å². The SMILES string of the molecule is COCCCCn1cnc(CNCC(C)C)c1. The van der Waals surface area contributed by atoms with Crippen molar-refractivity contribution in [3.8, 4) is 0 Å². The maximum atomic E-state index is 5.03. The second-order valence-electron chi connectivity index (χ2n) is 4.83. The van der Waals surface area contributed by atoms with Gasteiger partial charge in [-0.15, -0.1) is 0 Å². The van der Waals surface area contributed by atoms with E-state index < -0.39 is 0 Å². The monoisotopic (exact) mass is 239 g/mol. The van der Waals surface area contributed by atoms with E-state index >= 15 is 0 Å². The zero-order valence-electron chi connectivity index (χ0n) is 11.3. The molecule has 17 heavy (non-hydrogen) atoms. The maximum Gasteiger partial charge on any atom is 0.0949 e. The van der Waals surface area contributed by atoms with Crippen LogP contribution in [0.15, 0.2) is 12.5 Å². The smallest absolute Gasteiger partial charge is 0.0949 e. The van der Waals surface area contributed by atoms with Gasteiger partial charge in [-0.2, -0.15) is 0 Å². The van der Waals surface area contributed by atoms with Gasteiger partial charge in [-0.05, 0) is 25.3 Å². The highest BCUT2D eigenvalue weighted by molar-refractivity contribution is 4.96. The molecule has 1 aromatic rings. The number of aromatic nitrogens is 2. The van der Waals surface area contributed by atoms with Crippen LogP contribution in [0.4, 0.5) is 0 Å². The summed E-state index contributed by atoms with van der Waals surface area (Å²) in [5.74, 6) is 0.686. The molecule has 0 aliphatic rings. The predicted molar refractivity (Wildman–Crippen MR) is 69.9 cm³/mol. The second-order valence-corrected chi connectivity index (χ2v) is 4.83. The summed E-state index contributed by atoms with van der Waals surface area (Å²) < 4.78 is 7.18. The summed E-state index contributed by atoms with van der Waals surface area (Å²) in [6.45, 7) is 8.20. The molecule has 0 unspecified atom stereocenters. The van der Waals surface area contributed by atoms with Crippen LogP contribution in [-0.4, -0.2) is 29.8 Å². The zero-order chi connectivity index (χ0) is 12.5. The summed E-state index contributed by atoms with van der Waals surface area (Å²) >= 11 is 0. The van der Waals surface area contributed by atoms with Gasteiger partial charge >= 0.3 is 0 Å². The minimum absolute atomic E-state index is 0.686. The summed E-state index contributed by atoms with van der Waals surface area (Å²) in [4.78, 5) is 4.38. The van der Waals surface area contributed by atoms with Crippen molar-refractivity contribution in [1.29, 1.82) is 0 Å². The molecule has 4 heteroatoms. The zero-order valence-corrected chi connectivity index (χ0v) is 11.3. The molecule has 0 saturated carbocycles. The molecule has 0 aliphatic carbocycles. The molecule has 0 fully saturated rings. The Morgan fingerprint density at radius 3 is 2.94 bits per heavy atom. The molecule has 0 amide bonds. The van der Waals surface area contributed by atoms with E-state index in [1.807, 2.05) is 6.33 Å². The van der Waals surface area contributed by atoms with Crippen LogP contribution < -0.4 is 5.32 Å². The molecule has 0 aliphatic heterocycles. The van der Waals surface area contributed by atoms with Gasteiger partial charge in [0, 0.05) is 33.0 Å². The Hall–Kier alpha value is -0.870. The number of nitrogens with zero attached hydrogens (tertiary/aromatic N) is 2. The number of nitrogens with one attached hydrogen (secondary N) is 1. The van der Waals surface area contributed by atoms with Crippen molar-refractivity contribution in [1.82, 2.24) is 14.9 Å². The van der Waals surface area contributed by atoms with Gasteiger partial charge in [0.1, 0.15) is 0 Å². The normalized spacial score (nSPS) is 11.3. The van der Waals surface area contributed by atoms with Crippen LogP contribution in [0, 0.1) is 5.92 Å². The summed E-state index contributed by atoms with van der Waals surface area (Å²) in [6, 6.07) is 0. The molecule has 1 aromatic heterocycles. The van der Waals surface area contributed by atoms with Gasteiger partial charge in [0.15, 0.2) is 0 Å². The molecule has 0 saturated heterocycles. The molecule has 4 nitrogen and oxygen atoms in total.